The second kappa shape index (κ2) is 8.23. The van der Waals surface area contributed by atoms with Gasteiger partial charge in [0, 0.05) is 11.4 Å². The SMILES string of the molecule is C=C(/C=C(\C(N)=C(C)C)C(C)C)Cc1cc(C)c(N)c(C(C)C)c1. The van der Waals surface area contributed by atoms with Gasteiger partial charge in [0.25, 0.3) is 0 Å². The Morgan fingerprint density at radius 1 is 1.17 bits per heavy atom. The van der Waals surface area contributed by atoms with Crippen molar-refractivity contribution < 1.29 is 0 Å². The van der Waals surface area contributed by atoms with Crippen LogP contribution in [0.2, 0.25) is 0 Å². The number of hydrogen-bond donors (Lipinski definition) is 2. The van der Waals surface area contributed by atoms with Crippen LogP contribution in [0.4, 0.5) is 5.69 Å². The van der Waals surface area contributed by atoms with Crippen LogP contribution < -0.4 is 11.5 Å². The van der Waals surface area contributed by atoms with Crippen molar-refractivity contribution in [1.82, 2.24) is 0 Å². The van der Waals surface area contributed by atoms with Crippen LogP contribution in [0, 0.1) is 12.8 Å². The highest BCUT2D eigenvalue weighted by Gasteiger charge is 2.11. The maximum absolute atomic E-state index is 6.26. The Hall–Kier alpha value is -1.96. The first kappa shape index (κ1) is 20.1. The van der Waals surface area contributed by atoms with E-state index in [0.717, 1.165) is 40.1 Å². The number of nitrogen functional groups attached to an aromatic ring is 1. The van der Waals surface area contributed by atoms with E-state index in [-0.39, 0.29) is 0 Å². The highest BCUT2D eigenvalue weighted by atomic mass is 14.6. The first-order valence-electron chi connectivity index (χ1n) is 8.76. The van der Waals surface area contributed by atoms with E-state index in [1.54, 1.807) is 0 Å². The molecule has 0 fully saturated rings. The summed E-state index contributed by atoms with van der Waals surface area (Å²) in [5, 5.41) is 0. The molecule has 1 aromatic carbocycles. The van der Waals surface area contributed by atoms with Crippen molar-refractivity contribution in [2.45, 2.75) is 60.8 Å². The van der Waals surface area contributed by atoms with E-state index in [0.29, 0.717) is 11.8 Å². The number of nitrogens with two attached hydrogens (primary N) is 2. The summed E-state index contributed by atoms with van der Waals surface area (Å²) >= 11 is 0. The Balaban J connectivity index is 3.15. The molecule has 0 heterocycles. The summed E-state index contributed by atoms with van der Waals surface area (Å²) < 4.78 is 0. The van der Waals surface area contributed by atoms with Crippen molar-refractivity contribution in [2.75, 3.05) is 5.73 Å². The van der Waals surface area contributed by atoms with Crippen molar-refractivity contribution in [3.63, 3.8) is 0 Å². The van der Waals surface area contributed by atoms with Crippen LogP contribution in [-0.2, 0) is 6.42 Å². The summed E-state index contributed by atoms with van der Waals surface area (Å²) in [6.45, 7) is 19.1. The molecule has 0 aliphatic heterocycles. The van der Waals surface area contributed by atoms with Gasteiger partial charge in [0.15, 0.2) is 0 Å². The van der Waals surface area contributed by atoms with E-state index < -0.39 is 0 Å². The van der Waals surface area contributed by atoms with Gasteiger partial charge in [-0.25, -0.2) is 0 Å². The molecule has 2 heteroatoms. The van der Waals surface area contributed by atoms with Crippen LogP contribution in [0.3, 0.4) is 0 Å². The maximum Gasteiger partial charge on any atom is 0.0379 e. The largest absolute Gasteiger partial charge is 0.399 e. The molecule has 132 valence electrons. The lowest BCUT2D eigenvalue weighted by Gasteiger charge is -2.17. The minimum absolute atomic E-state index is 0.371. The van der Waals surface area contributed by atoms with Crippen LogP contribution in [0.1, 0.15) is 64.2 Å². The Kier molecular flexibility index (Phi) is 6.89. The van der Waals surface area contributed by atoms with Gasteiger partial charge in [-0.05, 0) is 61.3 Å². The third-order valence-electron chi connectivity index (χ3n) is 4.36. The quantitative estimate of drug-likeness (QED) is 0.525. The molecule has 0 aliphatic carbocycles. The monoisotopic (exact) mass is 326 g/mol. The predicted molar refractivity (Wildman–Crippen MR) is 108 cm³/mol. The van der Waals surface area contributed by atoms with E-state index >= 15 is 0 Å². The first-order valence-corrected chi connectivity index (χ1v) is 8.76. The highest BCUT2D eigenvalue weighted by Crippen LogP contribution is 2.28. The Morgan fingerprint density at radius 2 is 1.75 bits per heavy atom. The third kappa shape index (κ3) is 5.02. The van der Waals surface area contributed by atoms with Gasteiger partial charge in [-0.2, -0.15) is 0 Å². The van der Waals surface area contributed by atoms with Crippen molar-refractivity contribution >= 4 is 5.69 Å². The van der Waals surface area contributed by atoms with Gasteiger partial charge < -0.3 is 11.5 Å². The lowest BCUT2D eigenvalue weighted by atomic mass is 9.91. The molecule has 1 aromatic rings. The summed E-state index contributed by atoms with van der Waals surface area (Å²) in [4.78, 5) is 0. The average molecular weight is 327 g/mol. The number of hydrogen-bond acceptors (Lipinski definition) is 2. The zero-order chi connectivity index (χ0) is 18.6. The fraction of sp³-hybridized carbons (Fsp3) is 0.455. The molecule has 0 amide bonds. The molecule has 0 saturated heterocycles. The summed E-state index contributed by atoms with van der Waals surface area (Å²) in [7, 11) is 0. The average Bonchev–Trinajstić information content (AvgIpc) is 2.46. The fourth-order valence-corrected chi connectivity index (χ4v) is 2.86. The third-order valence-corrected chi connectivity index (χ3v) is 4.36. The molecule has 0 saturated carbocycles. The summed E-state index contributed by atoms with van der Waals surface area (Å²) in [6, 6.07) is 4.38. The summed E-state index contributed by atoms with van der Waals surface area (Å²) in [5.74, 6) is 0.788. The molecule has 1 rings (SSSR count). The zero-order valence-electron chi connectivity index (χ0n) is 16.5. The van der Waals surface area contributed by atoms with Crippen LogP contribution >= 0.6 is 0 Å². The van der Waals surface area contributed by atoms with Crippen LogP contribution in [0.15, 0.2) is 47.2 Å². The maximum atomic E-state index is 6.26. The van der Waals surface area contributed by atoms with E-state index in [2.05, 4.69) is 59.4 Å². The molecule has 4 N–H and O–H groups in total. The number of aryl methyl sites for hydroxylation is 1. The highest BCUT2D eigenvalue weighted by molar-refractivity contribution is 5.57. The molecule has 0 bridgehead atoms. The molecule has 0 atom stereocenters. The van der Waals surface area contributed by atoms with Gasteiger partial charge in [-0.1, -0.05) is 63.6 Å². The van der Waals surface area contributed by atoms with Gasteiger partial charge >= 0.3 is 0 Å². The number of allylic oxidation sites excluding steroid dienone is 4. The predicted octanol–water partition coefficient (Wildman–Crippen LogP) is 5.63. The second-order valence-electron chi connectivity index (χ2n) is 7.57. The Labute approximate surface area is 148 Å². The van der Waals surface area contributed by atoms with Gasteiger partial charge in [-0.3, -0.25) is 0 Å². The Morgan fingerprint density at radius 3 is 2.21 bits per heavy atom. The normalized spacial score (nSPS) is 12.0. The van der Waals surface area contributed by atoms with E-state index in [1.807, 2.05) is 13.8 Å². The molecule has 0 aromatic heterocycles. The van der Waals surface area contributed by atoms with Crippen LogP contribution in [0.5, 0.6) is 0 Å². The molecule has 0 unspecified atom stereocenters. The Bertz CT molecular complexity index is 669. The van der Waals surface area contributed by atoms with Gasteiger partial charge in [0.1, 0.15) is 0 Å². The minimum Gasteiger partial charge on any atom is -0.399 e. The standard InChI is InChI=1S/C22H34N2/c1-13(2)19(21(23)15(5)6)10-16(7)9-18-11-17(8)22(24)20(12-18)14(3)4/h10-14H,7,9,23-24H2,1-6,8H3/b19-10-. The van der Waals surface area contributed by atoms with Crippen LogP contribution in [-0.4, -0.2) is 0 Å². The first-order chi connectivity index (χ1) is 11.0. The van der Waals surface area contributed by atoms with E-state index in [4.69, 9.17) is 11.5 Å². The molecular formula is C22H34N2. The van der Waals surface area contributed by atoms with Crippen molar-refractivity contribution in [3.8, 4) is 0 Å². The molecular weight excluding hydrogens is 292 g/mol. The van der Waals surface area contributed by atoms with Gasteiger partial charge in [-0.15, -0.1) is 0 Å². The lowest BCUT2D eigenvalue weighted by Crippen LogP contribution is -2.09. The molecule has 24 heavy (non-hydrogen) atoms. The minimum atomic E-state index is 0.371. The smallest absolute Gasteiger partial charge is 0.0379 e. The van der Waals surface area contributed by atoms with Crippen molar-refractivity contribution in [1.29, 1.82) is 0 Å². The molecule has 2 nitrogen and oxygen atoms in total. The van der Waals surface area contributed by atoms with E-state index in [1.165, 1.54) is 11.1 Å². The van der Waals surface area contributed by atoms with Crippen LogP contribution in [0.25, 0.3) is 0 Å². The van der Waals surface area contributed by atoms with Gasteiger partial charge in [0.05, 0.1) is 0 Å². The molecule has 0 aliphatic rings. The fourth-order valence-electron chi connectivity index (χ4n) is 2.86. The summed E-state index contributed by atoms with van der Waals surface area (Å²) in [5.41, 5.74) is 21.3. The number of anilines is 1. The lowest BCUT2D eigenvalue weighted by molar-refractivity contribution is 0.768. The van der Waals surface area contributed by atoms with Crippen molar-refractivity contribution in [2.24, 2.45) is 11.7 Å². The summed E-state index contributed by atoms with van der Waals surface area (Å²) in [6.07, 6.45) is 2.96. The van der Waals surface area contributed by atoms with Gasteiger partial charge in [0.2, 0.25) is 0 Å². The number of benzene rings is 1. The molecule has 0 radical (unpaired) electrons. The zero-order valence-corrected chi connectivity index (χ0v) is 16.5. The molecule has 0 spiro atoms. The second-order valence-corrected chi connectivity index (χ2v) is 7.57. The number of rotatable bonds is 6. The van der Waals surface area contributed by atoms with Crippen molar-refractivity contribution in [3.05, 3.63) is 63.9 Å². The topological polar surface area (TPSA) is 52.0 Å². The van der Waals surface area contributed by atoms with E-state index in [9.17, 15) is 0 Å².